The Hall–Kier alpha value is -2.83. The molecular formula is C14H12N4O3. The summed E-state index contributed by atoms with van der Waals surface area (Å²) in [6, 6.07) is 3.51. The van der Waals surface area contributed by atoms with Crippen LogP contribution in [0.3, 0.4) is 0 Å². The second-order valence-corrected chi connectivity index (χ2v) is 4.79. The van der Waals surface area contributed by atoms with E-state index in [1.165, 1.54) is 0 Å². The molecule has 0 fully saturated rings. The normalized spacial score (nSPS) is 13.6. The number of benzene rings is 1. The maximum Gasteiger partial charge on any atom is 0.278 e. The third-order valence-electron chi connectivity index (χ3n) is 3.39. The van der Waals surface area contributed by atoms with E-state index in [4.69, 9.17) is 9.47 Å². The van der Waals surface area contributed by atoms with Gasteiger partial charge in [0.15, 0.2) is 23.0 Å². The van der Waals surface area contributed by atoms with Gasteiger partial charge in [0.25, 0.3) is 5.56 Å². The van der Waals surface area contributed by atoms with Gasteiger partial charge in [-0.15, -0.1) is 0 Å². The maximum atomic E-state index is 12.2. The van der Waals surface area contributed by atoms with Gasteiger partial charge >= 0.3 is 0 Å². The summed E-state index contributed by atoms with van der Waals surface area (Å²) in [5.74, 6) is 1.78. The molecule has 3 aromatic rings. The number of rotatable bonds is 1. The third kappa shape index (κ3) is 1.85. The number of nitrogens with one attached hydrogen (secondary N) is 1. The summed E-state index contributed by atoms with van der Waals surface area (Å²) < 4.78 is 12.8. The number of imidazole rings is 1. The van der Waals surface area contributed by atoms with Crippen molar-refractivity contribution in [2.75, 3.05) is 13.2 Å². The second-order valence-electron chi connectivity index (χ2n) is 4.79. The molecule has 7 heteroatoms. The van der Waals surface area contributed by atoms with Gasteiger partial charge in [-0.1, -0.05) is 0 Å². The van der Waals surface area contributed by atoms with E-state index in [0.717, 1.165) is 0 Å². The lowest BCUT2D eigenvalue weighted by molar-refractivity contribution is 0.172. The summed E-state index contributed by atoms with van der Waals surface area (Å²) in [5, 5.41) is 0. The van der Waals surface area contributed by atoms with Gasteiger partial charge in [0.2, 0.25) is 0 Å². The quantitative estimate of drug-likeness (QED) is 0.723. The van der Waals surface area contributed by atoms with Crippen LogP contribution in [-0.4, -0.2) is 32.7 Å². The van der Waals surface area contributed by atoms with E-state index in [0.29, 0.717) is 41.6 Å². The van der Waals surface area contributed by atoms with Crippen LogP contribution >= 0.6 is 0 Å². The first-order valence-electron chi connectivity index (χ1n) is 6.54. The summed E-state index contributed by atoms with van der Waals surface area (Å²) in [6.45, 7) is 1.01. The molecular weight excluding hydrogens is 272 g/mol. The largest absolute Gasteiger partial charge is 0.486 e. The van der Waals surface area contributed by atoms with Crippen molar-refractivity contribution in [3.8, 4) is 23.0 Å². The maximum absolute atomic E-state index is 12.2. The number of aromatic nitrogens is 4. The first-order chi connectivity index (χ1) is 10.2. The van der Waals surface area contributed by atoms with E-state index < -0.39 is 0 Å². The fourth-order valence-corrected chi connectivity index (χ4v) is 2.37. The van der Waals surface area contributed by atoms with Crippen molar-refractivity contribution in [2.45, 2.75) is 0 Å². The van der Waals surface area contributed by atoms with Crippen molar-refractivity contribution in [3.63, 3.8) is 0 Å². The number of H-pyrrole nitrogens is 1. The highest BCUT2D eigenvalue weighted by molar-refractivity contribution is 5.80. The molecule has 0 aliphatic carbocycles. The lowest BCUT2D eigenvalue weighted by Gasteiger charge is -2.18. The topological polar surface area (TPSA) is 82.0 Å². The van der Waals surface area contributed by atoms with Gasteiger partial charge in [0.05, 0.1) is 11.0 Å². The Morgan fingerprint density at radius 3 is 2.71 bits per heavy atom. The van der Waals surface area contributed by atoms with Gasteiger partial charge in [-0.25, -0.2) is 9.97 Å². The summed E-state index contributed by atoms with van der Waals surface area (Å²) in [5.41, 5.74) is 1.25. The van der Waals surface area contributed by atoms with Crippen molar-refractivity contribution >= 4 is 11.0 Å². The lowest BCUT2D eigenvalue weighted by atomic mass is 10.2. The van der Waals surface area contributed by atoms with E-state index in [9.17, 15) is 4.79 Å². The van der Waals surface area contributed by atoms with E-state index >= 15 is 0 Å². The minimum absolute atomic E-state index is 0.284. The SMILES string of the molecule is Cn1ccnc1-c1nc2cc3c(cc2[nH]c1=O)OCCO3. The molecule has 21 heavy (non-hydrogen) atoms. The van der Waals surface area contributed by atoms with Crippen molar-refractivity contribution in [1.82, 2.24) is 19.5 Å². The highest BCUT2D eigenvalue weighted by Crippen LogP contribution is 2.33. The van der Waals surface area contributed by atoms with E-state index in [1.807, 2.05) is 7.05 Å². The first kappa shape index (κ1) is 12.0. The number of aromatic amines is 1. The molecule has 0 saturated heterocycles. The number of hydrogen-bond donors (Lipinski definition) is 1. The number of ether oxygens (including phenoxy) is 2. The Morgan fingerprint density at radius 2 is 2.00 bits per heavy atom. The Balaban J connectivity index is 1.97. The molecule has 1 N–H and O–H groups in total. The molecule has 3 heterocycles. The Labute approximate surface area is 119 Å². The fourth-order valence-electron chi connectivity index (χ4n) is 2.37. The summed E-state index contributed by atoms with van der Waals surface area (Å²) in [6.07, 6.45) is 3.40. The molecule has 4 rings (SSSR count). The third-order valence-corrected chi connectivity index (χ3v) is 3.39. The van der Waals surface area contributed by atoms with Crippen LogP contribution < -0.4 is 15.0 Å². The number of aryl methyl sites for hydroxylation is 1. The van der Waals surface area contributed by atoms with Crippen molar-refractivity contribution in [3.05, 3.63) is 34.9 Å². The summed E-state index contributed by atoms with van der Waals surface area (Å²) in [7, 11) is 1.82. The smallest absolute Gasteiger partial charge is 0.278 e. The van der Waals surface area contributed by atoms with Crippen LogP contribution in [-0.2, 0) is 7.05 Å². The molecule has 0 bridgehead atoms. The van der Waals surface area contributed by atoms with Crippen molar-refractivity contribution < 1.29 is 9.47 Å². The number of fused-ring (bicyclic) bond motifs is 2. The fraction of sp³-hybridized carbons (Fsp3) is 0.214. The second kappa shape index (κ2) is 4.34. The lowest BCUT2D eigenvalue weighted by Crippen LogP contribution is -2.17. The summed E-state index contributed by atoms with van der Waals surface area (Å²) >= 11 is 0. The van der Waals surface area contributed by atoms with Crippen LogP contribution in [0.1, 0.15) is 0 Å². The molecule has 1 aromatic carbocycles. The van der Waals surface area contributed by atoms with E-state index in [1.54, 1.807) is 29.1 Å². The Morgan fingerprint density at radius 1 is 1.24 bits per heavy atom. The average Bonchev–Trinajstić information content (AvgIpc) is 2.90. The molecule has 0 radical (unpaired) electrons. The van der Waals surface area contributed by atoms with Crippen molar-refractivity contribution in [1.29, 1.82) is 0 Å². The predicted molar refractivity (Wildman–Crippen MR) is 75.6 cm³/mol. The van der Waals surface area contributed by atoms with Gasteiger partial charge < -0.3 is 19.0 Å². The average molecular weight is 284 g/mol. The Bertz CT molecular complexity index is 897. The zero-order chi connectivity index (χ0) is 14.4. The Kier molecular flexibility index (Phi) is 2.47. The standard InChI is InChI=1S/C14H12N4O3/c1-18-3-2-15-13(18)12-14(19)17-9-7-11-10(6-8(9)16-12)20-4-5-21-11/h2-3,6-7H,4-5H2,1H3,(H,17,19). The van der Waals surface area contributed by atoms with Crippen LogP contribution in [0.25, 0.3) is 22.6 Å². The van der Waals surface area contributed by atoms with Crippen LogP contribution in [0.15, 0.2) is 29.3 Å². The molecule has 1 aliphatic heterocycles. The molecule has 0 spiro atoms. The van der Waals surface area contributed by atoms with E-state index in [-0.39, 0.29) is 11.3 Å². The molecule has 1 aliphatic rings. The monoisotopic (exact) mass is 284 g/mol. The zero-order valence-corrected chi connectivity index (χ0v) is 11.3. The highest BCUT2D eigenvalue weighted by atomic mass is 16.6. The molecule has 7 nitrogen and oxygen atoms in total. The van der Waals surface area contributed by atoms with Crippen LogP contribution in [0.5, 0.6) is 11.5 Å². The molecule has 2 aromatic heterocycles. The molecule has 0 atom stereocenters. The van der Waals surface area contributed by atoms with E-state index in [2.05, 4.69) is 15.0 Å². The molecule has 0 saturated carbocycles. The van der Waals surface area contributed by atoms with Gasteiger partial charge in [0, 0.05) is 31.6 Å². The predicted octanol–water partition coefficient (Wildman–Crippen LogP) is 1.09. The zero-order valence-electron chi connectivity index (χ0n) is 11.3. The van der Waals surface area contributed by atoms with Gasteiger partial charge in [0.1, 0.15) is 13.2 Å². The number of hydrogen-bond acceptors (Lipinski definition) is 5. The molecule has 106 valence electrons. The molecule has 0 amide bonds. The van der Waals surface area contributed by atoms with Crippen molar-refractivity contribution in [2.24, 2.45) is 7.05 Å². The number of nitrogens with zero attached hydrogens (tertiary/aromatic N) is 3. The van der Waals surface area contributed by atoms with Gasteiger partial charge in [-0.2, -0.15) is 0 Å². The van der Waals surface area contributed by atoms with Crippen LogP contribution in [0.2, 0.25) is 0 Å². The first-order valence-corrected chi connectivity index (χ1v) is 6.54. The molecule has 0 unspecified atom stereocenters. The minimum atomic E-state index is -0.284. The van der Waals surface area contributed by atoms with Crippen LogP contribution in [0, 0.1) is 0 Å². The van der Waals surface area contributed by atoms with Gasteiger partial charge in [-0.3, -0.25) is 4.79 Å². The minimum Gasteiger partial charge on any atom is -0.486 e. The van der Waals surface area contributed by atoms with Gasteiger partial charge in [-0.05, 0) is 0 Å². The summed E-state index contributed by atoms with van der Waals surface area (Å²) in [4.78, 5) is 23.6. The van der Waals surface area contributed by atoms with Crippen LogP contribution in [0.4, 0.5) is 0 Å². The highest BCUT2D eigenvalue weighted by Gasteiger charge is 2.16.